The summed E-state index contributed by atoms with van der Waals surface area (Å²) < 4.78 is 5.40. The van der Waals surface area contributed by atoms with Crippen molar-refractivity contribution in [3.8, 4) is 0 Å². The highest BCUT2D eigenvalue weighted by atomic mass is 16.4. The molecule has 78 valence electrons. The number of nitrogens with two attached hydrogens (primary N) is 1. The van der Waals surface area contributed by atoms with Crippen molar-refractivity contribution < 1.29 is 14.3 Å². The highest BCUT2D eigenvalue weighted by molar-refractivity contribution is 5.68. The first kappa shape index (κ1) is 10.8. The molecular formula is C10H15NO3. The Kier molecular flexibility index (Phi) is 2.96. The summed E-state index contributed by atoms with van der Waals surface area (Å²) in [6.07, 6.45) is -0.0174. The third kappa shape index (κ3) is 2.14. The van der Waals surface area contributed by atoms with E-state index in [9.17, 15) is 4.79 Å². The average molecular weight is 197 g/mol. The molecule has 0 aliphatic carbocycles. The van der Waals surface area contributed by atoms with Gasteiger partial charge in [-0.2, -0.15) is 0 Å². The predicted octanol–water partition coefficient (Wildman–Crippen LogP) is 1.28. The zero-order chi connectivity index (χ0) is 10.8. The molecule has 4 nitrogen and oxygen atoms in total. The lowest BCUT2D eigenvalue weighted by Gasteiger charge is -2.23. The first-order chi connectivity index (χ1) is 6.48. The van der Waals surface area contributed by atoms with Crippen molar-refractivity contribution in [2.45, 2.75) is 25.7 Å². The molecule has 0 radical (unpaired) electrons. The van der Waals surface area contributed by atoms with Gasteiger partial charge in [-0.25, -0.2) is 0 Å². The van der Waals surface area contributed by atoms with E-state index in [0.29, 0.717) is 5.76 Å². The summed E-state index contributed by atoms with van der Waals surface area (Å²) in [6.45, 7) is 3.87. The molecule has 1 rings (SSSR count). The Bertz CT molecular complexity index is 332. The fraction of sp³-hybridized carbons (Fsp3) is 0.500. The number of furan rings is 1. The summed E-state index contributed by atoms with van der Waals surface area (Å²) >= 11 is 0. The van der Waals surface area contributed by atoms with Crippen LogP contribution in [0.4, 0.5) is 0 Å². The second-order valence-electron chi connectivity index (χ2n) is 3.75. The SMILES string of the molecule is Cc1ccc(C(C)(CN)CC(=O)O)o1. The molecule has 1 heterocycles. The molecule has 0 aromatic carbocycles. The minimum Gasteiger partial charge on any atom is -0.481 e. The number of hydrogen-bond donors (Lipinski definition) is 2. The monoisotopic (exact) mass is 197 g/mol. The van der Waals surface area contributed by atoms with Gasteiger partial charge in [0, 0.05) is 12.0 Å². The molecule has 1 aromatic heterocycles. The standard InChI is InChI=1S/C10H15NO3/c1-7-3-4-8(14-7)10(2,6-11)5-9(12)13/h3-4H,5-6,11H2,1-2H3,(H,12,13). The number of carboxylic acids is 1. The van der Waals surface area contributed by atoms with E-state index in [1.54, 1.807) is 13.0 Å². The van der Waals surface area contributed by atoms with E-state index >= 15 is 0 Å². The minimum absolute atomic E-state index is 0.0174. The molecule has 0 spiro atoms. The van der Waals surface area contributed by atoms with E-state index in [1.165, 1.54) is 0 Å². The second kappa shape index (κ2) is 3.84. The Hall–Kier alpha value is -1.29. The fourth-order valence-corrected chi connectivity index (χ4v) is 1.35. The van der Waals surface area contributed by atoms with Gasteiger partial charge in [0.15, 0.2) is 0 Å². The third-order valence-corrected chi connectivity index (χ3v) is 2.33. The maximum Gasteiger partial charge on any atom is 0.304 e. The van der Waals surface area contributed by atoms with Gasteiger partial charge in [0.1, 0.15) is 11.5 Å². The Morgan fingerprint density at radius 1 is 1.64 bits per heavy atom. The molecule has 14 heavy (non-hydrogen) atoms. The third-order valence-electron chi connectivity index (χ3n) is 2.33. The Morgan fingerprint density at radius 2 is 2.29 bits per heavy atom. The van der Waals surface area contributed by atoms with Crippen LogP contribution in [0, 0.1) is 6.92 Å². The number of rotatable bonds is 4. The van der Waals surface area contributed by atoms with E-state index in [-0.39, 0.29) is 13.0 Å². The summed E-state index contributed by atoms with van der Waals surface area (Å²) in [5, 5.41) is 8.75. The largest absolute Gasteiger partial charge is 0.481 e. The van der Waals surface area contributed by atoms with Crippen LogP contribution in [0.1, 0.15) is 24.9 Å². The molecule has 4 heteroatoms. The first-order valence-electron chi connectivity index (χ1n) is 4.47. The van der Waals surface area contributed by atoms with E-state index in [2.05, 4.69) is 0 Å². The molecule has 3 N–H and O–H groups in total. The number of aryl methyl sites for hydroxylation is 1. The van der Waals surface area contributed by atoms with Gasteiger partial charge in [0.2, 0.25) is 0 Å². The smallest absolute Gasteiger partial charge is 0.304 e. The lowest BCUT2D eigenvalue weighted by molar-refractivity contribution is -0.138. The Balaban J connectivity index is 2.94. The van der Waals surface area contributed by atoms with Crippen molar-refractivity contribution >= 4 is 5.97 Å². The number of aliphatic carboxylic acids is 1. The van der Waals surface area contributed by atoms with Crippen LogP contribution in [0.25, 0.3) is 0 Å². The Morgan fingerprint density at radius 3 is 2.64 bits per heavy atom. The van der Waals surface area contributed by atoms with Crippen molar-refractivity contribution in [1.82, 2.24) is 0 Å². The molecule has 0 aliphatic rings. The molecule has 1 aromatic rings. The molecule has 1 atom stereocenters. The van der Waals surface area contributed by atoms with E-state index < -0.39 is 11.4 Å². The van der Waals surface area contributed by atoms with Crippen molar-refractivity contribution in [2.75, 3.05) is 6.54 Å². The highest BCUT2D eigenvalue weighted by Gasteiger charge is 2.31. The summed E-state index contributed by atoms with van der Waals surface area (Å²) in [4.78, 5) is 10.7. The zero-order valence-corrected chi connectivity index (χ0v) is 8.41. The summed E-state index contributed by atoms with van der Waals surface area (Å²) in [5.74, 6) is 0.539. The van der Waals surface area contributed by atoms with Gasteiger partial charge in [-0.3, -0.25) is 4.79 Å². The molecule has 0 amide bonds. The number of carboxylic acid groups (broad SMARTS) is 1. The van der Waals surface area contributed by atoms with Crippen LogP contribution >= 0.6 is 0 Å². The lowest BCUT2D eigenvalue weighted by atomic mass is 9.84. The lowest BCUT2D eigenvalue weighted by Crippen LogP contribution is -2.33. The van der Waals surface area contributed by atoms with Crippen molar-refractivity contribution in [3.63, 3.8) is 0 Å². The zero-order valence-electron chi connectivity index (χ0n) is 8.41. The van der Waals surface area contributed by atoms with Crippen LogP contribution in [-0.2, 0) is 10.2 Å². The van der Waals surface area contributed by atoms with Gasteiger partial charge >= 0.3 is 5.97 Å². The van der Waals surface area contributed by atoms with E-state index in [1.807, 2.05) is 13.0 Å². The van der Waals surface area contributed by atoms with Crippen molar-refractivity contribution in [1.29, 1.82) is 0 Å². The minimum atomic E-state index is -0.869. The molecule has 1 unspecified atom stereocenters. The van der Waals surface area contributed by atoms with Gasteiger partial charge in [-0.05, 0) is 19.1 Å². The average Bonchev–Trinajstić information content (AvgIpc) is 2.51. The molecule has 0 fully saturated rings. The normalized spacial score (nSPS) is 15.1. The maximum atomic E-state index is 10.7. The van der Waals surface area contributed by atoms with Crippen LogP contribution in [0.15, 0.2) is 16.5 Å². The molecule has 0 saturated carbocycles. The molecular weight excluding hydrogens is 182 g/mol. The predicted molar refractivity (Wildman–Crippen MR) is 52.1 cm³/mol. The Labute approximate surface area is 82.7 Å². The van der Waals surface area contributed by atoms with Gasteiger partial charge in [0.05, 0.1) is 6.42 Å². The van der Waals surface area contributed by atoms with E-state index in [0.717, 1.165) is 5.76 Å². The van der Waals surface area contributed by atoms with Gasteiger partial charge in [-0.1, -0.05) is 6.92 Å². The molecule has 0 saturated heterocycles. The van der Waals surface area contributed by atoms with Crippen molar-refractivity contribution in [2.24, 2.45) is 5.73 Å². The number of hydrogen-bond acceptors (Lipinski definition) is 3. The summed E-state index contributed by atoms with van der Waals surface area (Å²) in [6, 6.07) is 3.59. The molecule has 0 bridgehead atoms. The van der Waals surface area contributed by atoms with E-state index in [4.69, 9.17) is 15.3 Å². The topological polar surface area (TPSA) is 76.5 Å². The number of carbonyl (C=O) groups is 1. The highest BCUT2D eigenvalue weighted by Crippen LogP contribution is 2.28. The summed E-state index contributed by atoms with van der Waals surface area (Å²) in [7, 11) is 0. The van der Waals surface area contributed by atoms with Gasteiger partial charge in [0.25, 0.3) is 0 Å². The second-order valence-corrected chi connectivity index (χ2v) is 3.75. The van der Waals surface area contributed by atoms with Gasteiger partial charge < -0.3 is 15.3 Å². The van der Waals surface area contributed by atoms with Crippen LogP contribution in [0.3, 0.4) is 0 Å². The quantitative estimate of drug-likeness (QED) is 0.762. The van der Waals surface area contributed by atoms with Crippen LogP contribution in [0.5, 0.6) is 0 Å². The van der Waals surface area contributed by atoms with Crippen LogP contribution in [-0.4, -0.2) is 17.6 Å². The molecule has 0 aliphatic heterocycles. The van der Waals surface area contributed by atoms with Gasteiger partial charge in [-0.15, -0.1) is 0 Å². The van der Waals surface area contributed by atoms with Crippen LogP contribution < -0.4 is 5.73 Å². The summed E-state index contributed by atoms with van der Waals surface area (Å²) in [5.41, 5.74) is 4.96. The maximum absolute atomic E-state index is 10.7. The first-order valence-corrected chi connectivity index (χ1v) is 4.47. The van der Waals surface area contributed by atoms with Crippen molar-refractivity contribution in [3.05, 3.63) is 23.7 Å². The van der Waals surface area contributed by atoms with Crippen LogP contribution in [0.2, 0.25) is 0 Å². The fourth-order valence-electron chi connectivity index (χ4n) is 1.35.